The van der Waals surface area contributed by atoms with E-state index in [1.54, 1.807) is 41.3 Å². The molecule has 0 radical (unpaired) electrons. The summed E-state index contributed by atoms with van der Waals surface area (Å²) >= 11 is 3.20. The van der Waals surface area contributed by atoms with E-state index in [9.17, 15) is 18.4 Å². The van der Waals surface area contributed by atoms with Gasteiger partial charge in [-0.25, -0.2) is 0 Å². The highest BCUT2D eigenvalue weighted by Gasteiger charge is 2.65. The van der Waals surface area contributed by atoms with Crippen molar-refractivity contribution in [3.05, 3.63) is 51.8 Å². The van der Waals surface area contributed by atoms with Gasteiger partial charge in [-0.15, -0.1) is 0 Å². The molecular weight excluding hydrogens is 423 g/mol. The molecule has 27 heavy (non-hydrogen) atoms. The van der Waals surface area contributed by atoms with Gasteiger partial charge in [0.25, 0.3) is 0 Å². The predicted molar refractivity (Wildman–Crippen MR) is 99.3 cm³/mol. The maximum absolute atomic E-state index is 14.4. The lowest BCUT2D eigenvalue weighted by atomic mass is 9.87. The van der Waals surface area contributed by atoms with Crippen LogP contribution in [0.3, 0.4) is 0 Å². The molecule has 0 bridgehead atoms. The topological polar surface area (TPSA) is 48.3 Å². The van der Waals surface area contributed by atoms with Crippen LogP contribution in [0, 0.1) is 11.3 Å². The van der Waals surface area contributed by atoms with Gasteiger partial charge >= 0.3 is 6.18 Å². The van der Waals surface area contributed by atoms with Crippen LogP contribution < -0.4 is 5.32 Å². The van der Waals surface area contributed by atoms with Crippen molar-refractivity contribution in [2.45, 2.75) is 31.5 Å². The van der Waals surface area contributed by atoms with Crippen molar-refractivity contribution in [1.82, 2.24) is 10.2 Å². The van der Waals surface area contributed by atoms with E-state index in [4.69, 9.17) is 4.74 Å². The second-order valence-electron chi connectivity index (χ2n) is 6.32. The van der Waals surface area contributed by atoms with E-state index >= 15 is 0 Å². The molecule has 1 N–H and O–H groups in total. The Morgan fingerprint density at radius 1 is 1.33 bits per heavy atom. The zero-order valence-electron chi connectivity index (χ0n) is 14.7. The first-order valence-corrected chi connectivity index (χ1v) is 9.50. The quantitative estimate of drug-likeness (QED) is 0.682. The van der Waals surface area contributed by atoms with Gasteiger partial charge in [0.2, 0.25) is 5.60 Å². The average Bonchev–Trinajstić information content (AvgIpc) is 3.10. The molecule has 0 aliphatic carbocycles. The van der Waals surface area contributed by atoms with Crippen LogP contribution in [0.1, 0.15) is 25.3 Å². The molecule has 8 heteroatoms. The minimum Gasteiger partial charge on any atom is -0.369 e. The zero-order valence-corrected chi connectivity index (χ0v) is 16.3. The van der Waals surface area contributed by atoms with Crippen molar-refractivity contribution < 1.29 is 17.9 Å². The van der Waals surface area contributed by atoms with Crippen LogP contribution in [0.5, 0.6) is 0 Å². The van der Waals surface area contributed by atoms with Gasteiger partial charge in [0.15, 0.2) is 0 Å². The van der Waals surface area contributed by atoms with E-state index in [1.165, 1.54) is 0 Å². The SMILES string of the molecule is CCCCOC1(C(F)(F)F)C(Br)=C(c2ccccc2)N2CCNC2=C1C#N. The highest BCUT2D eigenvalue weighted by molar-refractivity contribution is 9.12. The molecule has 2 aliphatic heterocycles. The Morgan fingerprint density at radius 3 is 2.63 bits per heavy atom. The molecule has 0 aromatic heterocycles. The van der Waals surface area contributed by atoms with E-state index in [1.807, 2.05) is 6.92 Å². The summed E-state index contributed by atoms with van der Waals surface area (Å²) in [6.07, 6.45) is -3.67. The molecule has 1 aromatic carbocycles. The number of hydrogen-bond donors (Lipinski definition) is 1. The third-order valence-electron chi connectivity index (χ3n) is 4.65. The minimum absolute atomic E-state index is 0.106. The van der Waals surface area contributed by atoms with Crippen molar-refractivity contribution in [2.24, 2.45) is 0 Å². The molecule has 1 unspecified atom stereocenters. The van der Waals surface area contributed by atoms with Crippen molar-refractivity contribution in [3.63, 3.8) is 0 Å². The van der Waals surface area contributed by atoms with Crippen LogP contribution in [0.4, 0.5) is 13.2 Å². The van der Waals surface area contributed by atoms with Crippen molar-refractivity contribution >= 4 is 21.6 Å². The fraction of sp³-hybridized carbons (Fsp3) is 0.421. The Hall–Kier alpha value is -1.98. The Labute approximate surface area is 164 Å². The van der Waals surface area contributed by atoms with Crippen LogP contribution in [0.15, 0.2) is 46.2 Å². The smallest absolute Gasteiger partial charge is 0.369 e. The van der Waals surface area contributed by atoms with Crippen LogP contribution >= 0.6 is 15.9 Å². The predicted octanol–water partition coefficient (Wildman–Crippen LogP) is 4.52. The number of rotatable bonds is 5. The third-order valence-corrected chi connectivity index (χ3v) is 5.58. The van der Waals surface area contributed by atoms with Gasteiger partial charge in [0.05, 0.1) is 10.2 Å². The monoisotopic (exact) mass is 441 g/mol. The highest BCUT2D eigenvalue weighted by atomic mass is 79.9. The van der Waals surface area contributed by atoms with E-state index in [2.05, 4.69) is 21.2 Å². The summed E-state index contributed by atoms with van der Waals surface area (Å²) in [6.45, 7) is 2.67. The van der Waals surface area contributed by atoms with E-state index < -0.39 is 17.4 Å². The first kappa shape index (κ1) is 19.8. The molecule has 3 rings (SSSR count). The minimum atomic E-state index is -4.81. The second-order valence-corrected chi connectivity index (χ2v) is 7.12. The first-order chi connectivity index (χ1) is 12.9. The summed E-state index contributed by atoms with van der Waals surface area (Å²) in [7, 11) is 0. The zero-order chi connectivity index (χ0) is 19.7. The fourth-order valence-corrected chi connectivity index (χ4v) is 4.35. The maximum Gasteiger partial charge on any atom is 0.427 e. The van der Waals surface area contributed by atoms with Gasteiger partial charge in [0.1, 0.15) is 17.5 Å². The molecule has 0 saturated carbocycles. The second kappa shape index (κ2) is 7.56. The van der Waals surface area contributed by atoms with Gasteiger partial charge in [0, 0.05) is 19.7 Å². The molecule has 1 aromatic rings. The Balaban J connectivity index is 2.28. The van der Waals surface area contributed by atoms with Crippen LogP contribution in [-0.2, 0) is 4.74 Å². The number of fused-ring (bicyclic) bond motifs is 1. The first-order valence-electron chi connectivity index (χ1n) is 8.71. The van der Waals surface area contributed by atoms with Crippen molar-refractivity contribution in [1.29, 1.82) is 5.26 Å². The largest absolute Gasteiger partial charge is 0.427 e. The van der Waals surface area contributed by atoms with Gasteiger partial charge in [-0.1, -0.05) is 43.7 Å². The number of nitriles is 1. The molecule has 0 amide bonds. The lowest BCUT2D eigenvalue weighted by Gasteiger charge is -2.42. The van der Waals surface area contributed by atoms with Crippen molar-refractivity contribution in [2.75, 3.05) is 19.7 Å². The molecule has 2 aliphatic rings. The molecule has 4 nitrogen and oxygen atoms in total. The van der Waals surface area contributed by atoms with Gasteiger partial charge in [-0.3, -0.25) is 0 Å². The standard InChI is InChI=1S/C19H19BrF3N3O/c1-2-3-11-27-18(19(21,22)23)14(12-24)17-25-9-10-26(17)15(16(18)20)13-7-5-4-6-8-13/h4-8,25H,2-3,9-11H2,1H3. The number of nitrogens with zero attached hydrogens (tertiary/aromatic N) is 2. The molecule has 1 atom stereocenters. The van der Waals surface area contributed by atoms with E-state index in [0.717, 1.165) is 0 Å². The molecule has 0 spiro atoms. The molecule has 2 heterocycles. The Bertz CT molecular complexity index is 814. The summed E-state index contributed by atoms with van der Waals surface area (Å²) in [5.41, 5.74) is -2.31. The molecular formula is C19H19BrF3N3O. The fourth-order valence-electron chi connectivity index (χ4n) is 3.37. The maximum atomic E-state index is 14.4. The number of nitrogens with one attached hydrogen (secondary N) is 1. The average molecular weight is 442 g/mol. The lowest BCUT2D eigenvalue weighted by molar-refractivity contribution is -0.243. The molecule has 144 valence electrons. The van der Waals surface area contributed by atoms with Crippen LogP contribution in [0.25, 0.3) is 5.70 Å². The number of ether oxygens (including phenoxy) is 1. The Kier molecular flexibility index (Phi) is 5.54. The lowest BCUT2D eigenvalue weighted by Crippen LogP contribution is -2.54. The van der Waals surface area contributed by atoms with Crippen molar-refractivity contribution in [3.8, 4) is 6.07 Å². The summed E-state index contributed by atoms with van der Waals surface area (Å²) in [5, 5.41) is 12.6. The van der Waals surface area contributed by atoms with E-state index in [0.29, 0.717) is 37.2 Å². The summed E-state index contributed by atoms with van der Waals surface area (Å²) in [5.74, 6) is 0.161. The van der Waals surface area contributed by atoms with Crippen LogP contribution in [-0.4, -0.2) is 36.4 Å². The van der Waals surface area contributed by atoms with E-state index in [-0.39, 0.29) is 16.9 Å². The number of hydrogen-bond acceptors (Lipinski definition) is 4. The normalized spacial score (nSPS) is 22.6. The summed E-state index contributed by atoms with van der Waals surface area (Å²) < 4.78 is 48.6. The van der Waals surface area contributed by atoms with Gasteiger partial charge in [-0.2, -0.15) is 18.4 Å². The number of benzene rings is 1. The molecule has 1 fully saturated rings. The van der Waals surface area contributed by atoms with Crippen LogP contribution in [0.2, 0.25) is 0 Å². The van der Waals surface area contributed by atoms with Gasteiger partial charge < -0.3 is 15.0 Å². The Morgan fingerprint density at radius 2 is 2.04 bits per heavy atom. The summed E-state index contributed by atoms with van der Waals surface area (Å²) in [6, 6.07) is 10.6. The molecule has 1 saturated heterocycles. The third kappa shape index (κ3) is 3.13. The number of unbranched alkanes of at least 4 members (excludes halogenated alkanes) is 1. The number of halogens is 4. The van der Waals surface area contributed by atoms with Gasteiger partial charge in [-0.05, 0) is 27.9 Å². The summed E-state index contributed by atoms with van der Waals surface area (Å²) in [4.78, 5) is 1.71. The highest BCUT2D eigenvalue weighted by Crippen LogP contribution is 2.54. The number of alkyl halides is 3.